The van der Waals surface area contributed by atoms with E-state index in [2.05, 4.69) is 5.32 Å². The average Bonchev–Trinajstić information content (AvgIpc) is 2.56. The van der Waals surface area contributed by atoms with Gasteiger partial charge in [0.15, 0.2) is 0 Å². The Kier molecular flexibility index (Phi) is 3.10. The second-order valence-corrected chi connectivity index (χ2v) is 4.29. The fourth-order valence-electron chi connectivity index (χ4n) is 1.89. The lowest BCUT2D eigenvalue weighted by Gasteiger charge is -2.05. The second-order valence-electron chi connectivity index (χ2n) is 4.29. The lowest BCUT2D eigenvalue weighted by Crippen LogP contribution is -2.13. The number of hydrogen-bond donors (Lipinski definition) is 2. The van der Waals surface area contributed by atoms with Crippen LogP contribution in [0.1, 0.15) is 27.4 Å². The normalized spacial score (nSPS) is 10.4. The predicted octanol–water partition coefficient (Wildman–Crippen LogP) is 3.04. The van der Waals surface area contributed by atoms with E-state index in [9.17, 15) is 4.79 Å². The molecule has 2 aromatic rings. The molecule has 0 unspecified atom stereocenters. The molecule has 2 rings (SSSR count). The number of hydrogen-bond acceptors (Lipinski definition) is 3. The molecule has 4 heteroatoms. The van der Waals surface area contributed by atoms with Crippen molar-refractivity contribution >= 4 is 17.3 Å². The van der Waals surface area contributed by atoms with Gasteiger partial charge in [0.1, 0.15) is 11.5 Å². The van der Waals surface area contributed by atoms with Gasteiger partial charge in [-0.1, -0.05) is 0 Å². The second kappa shape index (κ2) is 4.56. The lowest BCUT2D eigenvalue weighted by atomic mass is 10.1. The van der Waals surface area contributed by atoms with Crippen LogP contribution in [0.2, 0.25) is 0 Å². The summed E-state index contributed by atoms with van der Waals surface area (Å²) in [6.07, 6.45) is 0. The minimum absolute atomic E-state index is 0.161. The molecule has 0 saturated heterocycles. The Labute approximate surface area is 106 Å². The molecule has 3 N–H and O–H groups in total. The van der Waals surface area contributed by atoms with Crippen LogP contribution < -0.4 is 11.1 Å². The lowest BCUT2D eigenvalue weighted by molar-refractivity contribution is 0.102. The maximum atomic E-state index is 12.2. The first-order valence-electron chi connectivity index (χ1n) is 5.72. The summed E-state index contributed by atoms with van der Waals surface area (Å²) in [5.74, 6) is 1.25. The smallest absolute Gasteiger partial charge is 0.259 e. The largest absolute Gasteiger partial charge is 0.466 e. The first-order valence-corrected chi connectivity index (χ1v) is 5.72. The molecule has 0 radical (unpaired) electrons. The van der Waals surface area contributed by atoms with Crippen LogP contribution in [0.3, 0.4) is 0 Å². The molecule has 0 aliphatic carbocycles. The number of amides is 1. The number of furan rings is 1. The van der Waals surface area contributed by atoms with Crippen molar-refractivity contribution in [2.45, 2.75) is 20.8 Å². The van der Waals surface area contributed by atoms with E-state index in [4.69, 9.17) is 10.2 Å². The molecule has 4 nitrogen and oxygen atoms in total. The van der Waals surface area contributed by atoms with Crippen LogP contribution in [0, 0.1) is 20.8 Å². The summed E-state index contributed by atoms with van der Waals surface area (Å²) in [5.41, 5.74) is 8.45. The van der Waals surface area contributed by atoms with Crippen molar-refractivity contribution in [3.63, 3.8) is 0 Å². The topological polar surface area (TPSA) is 68.3 Å². The first kappa shape index (κ1) is 12.2. The average molecular weight is 244 g/mol. The highest BCUT2D eigenvalue weighted by Gasteiger charge is 2.18. The standard InChI is InChI=1S/C14H16N2O2/c1-8-9(2)18-10(3)13(8)14(17)16-12-6-4-11(15)5-7-12/h4-7H,15H2,1-3H3,(H,16,17). The van der Waals surface area contributed by atoms with Gasteiger partial charge in [0.2, 0.25) is 0 Å². The van der Waals surface area contributed by atoms with Crippen LogP contribution in [-0.2, 0) is 0 Å². The van der Waals surface area contributed by atoms with Gasteiger partial charge in [0, 0.05) is 16.9 Å². The van der Waals surface area contributed by atoms with Gasteiger partial charge >= 0.3 is 0 Å². The van der Waals surface area contributed by atoms with E-state index in [1.807, 2.05) is 13.8 Å². The number of nitrogens with two attached hydrogens (primary N) is 1. The van der Waals surface area contributed by atoms with Crippen LogP contribution in [0.15, 0.2) is 28.7 Å². The third-order valence-corrected chi connectivity index (χ3v) is 2.96. The van der Waals surface area contributed by atoms with Crippen LogP contribution in [0.4, 0.5) is 11.4 Å². The van der Waals surface area contributed by atoms with Crippen LogP contribution in [-0.4, -0.2) is 5.91 Å². The summed E-state index contributed by atoms with van der Waals surface area (Å²) < 4.78 is 5.44. The van der Waals surface area contributed by atoms with Crippen molar-refractivity contribution in [3.8, 4) is 0 Å². The number of rotatable bonds is 2. The Bertz CT molecular complexity index is 583. The Morgan fingerprint density at radius 2 is 1.72 bits per heavy atom. The molecule has 0 aliphatic heterocycles. The van der Waals surface area contributed by atoms with Crippen LogP contribution in [0.5, 0.6) is 0 Å². The maximum absolute atomic E-state index is 12.2. The minimum Gasteiger partial charge on any atom is -0.466 e. The summed E-state index contributed by atoms with van der Waals surface area (Å²) in [5, 5.41) is 2.83. The van der Waals surface area contributed by atoms with Crippen LogP contribution >= 0.6 is 0 Å². The van der Waals surface area contributed by atoms with E-state index in [0.717, 1.165) is 11.3 Å². The predicted molar refractivity (Wildman–Crippen MR) is 71.7 cm³/mol. The van der Waals surface area contributed by atoms with Crippen molar-refractivity contribution in [1.82, 2.24) is 0 Å². The van der Waals surface area contributed by atoms with Crippen molar-refractivity contribution in [2.24, 2.45) is 0 Å². The van der Waals surface area contributed by atoms with E-state index < -0.39 is 0 Å². The van der Waals surface area contributed by atoms with Gasteiger partial charge < -0.3 is 15.5 Å². The van der Waals surface area contributed by atoms with Crippen LogP contribution in [0.25, 0.3) is 0 Å². The Morgan fingerprint density at radius 1 is 1.11 bits per heavy atom. The van der Waals surface area contributed by atoms with E-state index in [-0.39, 0.29) is 5.91 Å². The van der Waals surface area contributed by atoms with Crippen molar-refractivity contribution < 1.29 is 9.21 Å². The molecule has 1 aromatic heterocycles. The minimum atomic E-state index is -0.161. The van der Waals surface area contributed by atoms with Gasteiger partial charge in [-0.05, 0) is 45.0 Å². The molecule has 1 amide bonds. The number of nitrogen functional groups attached to an aromatic ring is 1. The summed E-state index contributed by atoms with van der Waals surface area (Å²) in [7, 11) is 0. The summed E-state index contributed by atoms with van der Waals surface area (Å²) in [6, 6.07) is 7.03. The molecule has 0 fully saturated rings. The molecule has 0 atom stereocenters. The molecule has 18 heavy (non-hydrogen) atoms. The number of carbonyl (C=O) groups is 1. The Balaban J connectivity index is 2.24. The highest BCUT2D eigenvalue weighted by atomic mass is 16.3. The Morgan fingerprint density at radius 3 is 2.22 bits per heavy atom. The quantitative estimate of drug-likeness (QED) is 0.798. The van der Waals surface area contributed by atoms with Gasteiger partial charge in [-0.2, -0.15) is 0 Å². The molecule has 94 valence electrons. The zero-order valence-corrected chi connectivity index (χ0v) is 10.7. The fraction of sp³-hybridized carbons (Fsp3) is 0.214. The SMILES string of the molecule is Cc1oc(C)c(C(=O)Nc2ccc(N)cc2)c1C. The zero-order chi connectivity index (χ0) is 13.3. The Hall–Kier alpha value is -2.23. The van der Waals surface area contributed by atoms with Gasteiger partial charge in [-0.25, -0.2) is 0 Å². The highest BCUT2D eigenvalue weighted by molar-refractivity contribution is 6.06. The fourth-order valence-corrected chi connectivity index (χ4v) is 1.89. The van der Waals surface area contributed by atoms with E-state index in [0.29, 0.717) is 22.7 Å². The third-order valence-electron chi connectivity index (χ3n) is 2.96. The summed E-state index contributed by atoms with van der Waals surface area (Å²) in [6.45, 7) is 5.52. The number of benzene rings is 1. The number of carbonyl (C=O) groups excluding carboxylic acids is 1. The van der Waals surface area contributed by atoms with E-state index in [1.165, 1.54) is 0 Å². The first-order chi connectivity index (χ1) is 8.49. The molecule has 0 bridgehead atoms. The van der Waals surface area contributed by atoms with E-state index in [1.54, 1.807) is 31.2 Å². The van der Waals surface area contributed by atoms with E-state index >= 15 is 0 Å². The van der Waals surface area contributed by atoms with Crippen molar-refractivity contribution in [1.29, 1.82) is 0 Å². The molecular weight excluding hydrogens is 228 g/mol. The molecule has 0 aliphatic rings. The van der Waals surface area contributed by atoms with Gasteiger partial charge in [0.05, 0.1) is 5.56 Å². The molecule has 1 heterocycles. The third kappa shape index (κ3) is 2.22. The molecule has 1 aromatic carbocycles. The molecule has 0 saturated carbocycles. The maximum Gasteiger partial charge on any atom is 0.259 e. The van der Waals surface area contributed by atoms with Gasteiger partial charge in [0.25, 0.3) is 5.91 Å². The van der Waals surface area contributed by atoms with Gasteiger partial charge in [-0.3, -0.25) is 4.79 Å². The van der Waals surface area contributed by atoms with Gasteiger partial charge in [-0.15, -0.1) is 0 Å². The highest BCUT2D eigenvalue weighted by Crippen LogP contribution is 2.22. The number of anilines is 2. The number of aryl methyl sites for hydroxylation is 2. The zero-order valence-electron chi connectivity index (χ0n) is 10.7. The summed E-state index contributed by atoms with van der Waals surface area (Å²) >= 11 is 0. The monoisotopic (exact) mass is 244 g/mol. The summed E-state index contributed by atoms with van der Waals surface area (Å²) in [4.78, 5) is 12.2. The van der Waals surface area contributed by atoms with Crippen molar-refractivity contribution in [3.05, 3.63) is 46.9 Å². The molecular formula is C14H16N2O2. The van der Waals surface area contributed by atoms with Crippen molar-refractivity contribution in [2.75, 3.05) is 11.1 Å². The number of nitrogens with one attached hydrogen (secondary N) is 1. The molecule has 0 spiro atoms.